The molecule has 0 bridgehead atoms. The number of hydrogen-bond donors (Lipinski definition) is 0. The Balaban J connectivity index is 2.60. The van der Waals surface area contributed by atoms with Gasteiger partial charge in [-0.15, -0.1) is 0 Å². The van der Waals surface area contributed by atoms with Crippen LogP contribution in [0.15, 0.2) is 0 Å². The molecule has 5 atom stereocenters. The molecule has 18 heavy (non-hydrogen) atoms. The molecular weight excluding hydrogens is 256 g/mol. The van der Waals surface area contributed by atoms with Crippen molar-refractivity contribution >= 4 is 18.5 Å². The van der Waals surface area contributed by atoms with E-state index in [0.717, 1.165) is 29.2 Å². The number of hydrogen-bond acceptors (Lipinski definition) is 0. The topological polar surface area (TPSA) is 0 Å². The lowest BCUT2D eigenvalue weighted by molar-refractivity contribution is 0.352. The van der Waals surface area contributed by atoms with E-state index >= 15 is 0 Å². The van der Waals surface area contributed by atoms with Gasteiger partial charge in [-0.05, 0) is 35.3 Å². The summed E-state index contributed by atoms with van der Waals surface area (Å²) in [5, 5.41) is 0. The minimum Gasteiger partial charge on any atom is -0.167 e. The molecule has 108 valence electrons. The fourth-order valence-electron chi connectivity index (χ4n) is 4.25. The number of rotatable bonds is 6. The Morgan fingerprint density at radius 2 is 1.33 bits per heavy atom. The Morgan fingerprint density at radius 3 is 1.78 bits per heavy atom. The first-order valence-electron chi connectivity index (χ1n) is 8.01. The summed E-state index contributed by atoms with van der Waals surface area (Å²) in [6.45, 7) is 14.5. The zero-order valence-corrected chi connectivity index (χ0v) is 15.1. The molecule has 0 heterocycles. The molecule has 1 rings (SSSR count). The van der Waals surface area contributed by atoms with Gasteiger partial charge in [0.15, 0.2) is 7.38 Å². The van der Waals surface area contributed by atoms with Crippen molar-refractivity contribution in [2.24, 2.45) is 23.7 Å². The highest BCUT2D eigenvalue weighted by molar-refractivity contribution is 7.20. The van der Waals surface area contributed by atoms with Crippen LogP contribution in [0.5, 0.6) is 0 Å². The van der Waals surface area contributed by atoms with E-state index in [1.54, 1.807) is 0 Å². The molecule has 2 heteroatoms. The van der Waals surface area contributed by atoms with Crippen LogP contribution in [0.1, 0.15) is 60.3 Å². The predicted octanol–water partition coefficient (Wildman–Crippen LogP) is 6.31. The van der Waals surface area contributed by atoms with Crippen molar-refractivity contribution in [3.8, 4) is 0 Å². The number of halogens is 1. The van der Waals surface area contributed by atoms with E-state index in [1.807, 2.05) is 0 Å². The molecular formula is C16H33ClSi. The first-order chi connectivity index (χ1) is 8.33. The quantitative estimate of drug-likeness (QED) is 0.305. The maximum absolute atomic E-state index is 7.08. The molecule has 0 N–H and O–H groups in total. The summed E-state index contributed by atoms with van der Waals surface area (Å²) in [6.07, 6.45) is 5.44. The van der Waals surface area contributed by atoms with Crippen LogP contribution in [0.4, 0.5) is 0 Å². The van der Waals surface area contributed by atoms with Crippen molar-refractivity contribution in [1.29, 1.82) is 0 Å². The molecule has 1 aliphatic carbocycles. The van der Waals surface area contributed by atoms with E-state index in [9.17, 15) is 0 Å². The van der Waals surface area contributed by atoms with E-state index in [1.165, 1.54) is 31.7 Å². The largest absolute Gasteiger partial charge is 0.167 e. The number of unbranched alkanes of at least 4 members (excludes halogenated alkanes) is 3. The summed E-state index contributed by atoms with van der Waals surface area (Å²) in [4.78, 5) is 0. The first kappa shape index (κ1) is 16.6. The van der Waals surface area contributed by atoms with Crippen molar-refractivity contribution < 1.29 is 0 Å². The first-order valence-corrected chi connectivity index (χ1v) is 11.8. The summed E-state index contributed by atoms with van der Waals surface area (Å²) in [5.41, 5.74) is 0.825. The van der Waals surface area contributed by atoms with Gasteiger partial charge in [-0.3, -0.25) is 0 Å². The lowest BCUT2D eigenvalue weighted by Gasteiger charge is -2.34. The minimum atomic E-state index is -1.56. The third-order valence-corrected chi connectivity index (χ3v) is 10.9. The predicted molar refractivity (Wildman–Crippen MR) is 86.8 cm³/mol. The molecule has 1 fully saturated rings. The van der Waals surface area contributed by atoms with Crippen molar-refractivity contribution in [1.82, 2.24) is 0 Å². The third-order valence-electron chi connectivity index (χ3n) is 5.84. The van der Waals surface area contributed by atoms with Gasteiger partial charge in [0.05, 0.1) is 0 Å². The summed E-state index contributed by atoms with van der Waals surface area (Å²) in [6, 6.07) is 1.33. The zero-order valence-electron chi connectivity index (χ0n) is 13.3. The van der Waals surface area contributed by atoms with Crippen LogP contribution in [0.3, 0.4) is 0 Å². The molecule has 0 radical (unpaired) electrons. The Hall–Kier alpha value is 0.507. The summed E-state index contributed by atoms with van der Waals surface area (Å²) >= 11 is 7.08. The summed E-state index contributed by atoms with van der Waals surface area (Å²) in [7, 11) is -1.56. The summed E-state index contributed by atoms with van der Waals surface area (Å²) < 4.78 is 0. The molecule has 0 aromatic heterocycles. The smallest absolute Gasteiger partial charge is 0.157 e. The van der Waals surface area contributed by atoms with Gasteiger partial charge in [0.2, 0.25) is 0 Å². The average molecular weight is 289 g/mol. The second-order valence-corrected chi connectivity index (χ2v) is 13.4. The second kappa shape index (κ2) is 6.79. The van der Waals surface area contributed by atoms with Crippen molar-refractivity contribution in [2.75, 3.05) is 0 Å². The van der Waals surface area contributed by atoms with Gasteiger partial charge in [-0.25, -0.2) is 0 Å². The van der Waals surface area contributed by atoms with Crippen molar-refractivity contribution in [3.05, 3.63) is 0 Å². The van der Waals surface area contributed by atoms with Gasteiger partial charge in [0, 0.05) is 0 Å². The molecule has 0 aromatic carbocycles. The summed E-state index contributed by atoms with van der Waals surface area (Å²) in [5.74, 6) is 3.36. The van der Waals surface area contributed by atoms with E-state index in [2.05, 4.69) is 41.2 Å². The van der Waals surface area contributed by atoms with Crippen LogP contribution in [0, 0.1) is 23.7 Å². The molecule has 1 saturated carbocycles. The molecule has 1 aliphatic rings. The third kappa shape index (κ3) is 3.54. The Kier molecular flexibility index (Phi) is 6.25. The maximum atomic E-state index is 7.08. The van der Waals surface area contributed by atoms with Gasteiger partial charge >= 0.3 is 0 Å². The average Bonchev–Trinajstić information content (AvgIpc) is 2.50. The molecule has 0 amide bonds. The van der Waals surface area contributed by atoms with Crippen molar-refractivity contribution in [2.45, 2.75) is 78.4 Å². The van der Waals surface area contributed by atoms with Crippen LogP contribution >= 0.6 is 11.1 Å². The SMILES string of the molecule is CCCCCC[Si](C)(Cl)C1C(C)C(C)C(C)C1C. The van der Waals surface area contributed by atoms with Crippen LogP contribution in [0.25, 0.3) is 0 Å². The zero-order chi connectivity index (χ0) is 13.9. The van der Waals surface area contributed by atoms with Crippen LogP contribution < -0.4 is 0 Å². The second-order valence-electron chi connectivity index (χ2n) is 7.05. The molecule has 0 aliphatic heterocycles. The highest BCUT2D eigenvalue weighted by Crippen LogP contribution is 2.55. The van der Waals surface area contributed by atoms with Gasteiger partial charge in [0.1, 0.15) is 0 Å². The van der Waals surface area contributed by atoms with Crippen molar-refractivity contribution in [3.63, 3.8) is 0 Å². The molecule has 0 aromatic rings. The maximum Gasteiger partial charge on any atom is 0.157 e. The Labute approximate surface area is 121 Å². The highest BCUT2D eigenvalue weighted by atomic mass is 35.6. The standard InChI is InChI=1S/C16H33ClSi/c1-7-8-9-10-11-18(6,17)16-14(4)12(2)13(3)15(16)5/h12-16H,7-11H2,1-6H3. The molecule has 5 unspecified atom stereocenters. The minimum absolute atomic E-state index is 0.825. The molecule has 0 saturated heterocycles. The Morgan fingerprint density at radius 1 is 0.833 bits per heavy atom. The van der Waals surface area contributed by atoms with Gasteiger partial charge in [-0.1, -0.05) is 66.8 Å². The van der Waals surface area contributed by atoms with Gasteiger partial charge in [-0.2, -0.15) is 11.1 Å². The van der Waals surface area contributed by atoms with Crippen LogP contribution in [-0.2, 0) is 0 Å². The van der Waals surface area contributed by atoms with Crippen LogP contribution in [-0.4, -0.2) is 7.38 Å². The van der Waals surface area contributed by atoms with E-state index in [0.29, 0.717) is 0 Å². The monoisotopic (exact) mass is 288 g/mol. The normalized spacial score (nSPS) is 39.8. The van der Waals surface area contributed by atoms with Gasteiger partial charge < -0.3 is 0 Å². The molecule has 0 nitrogen and oxygen atoms in total. The molecule has 0 spiro atoms. The fourth-order valence-corrected chi connectivity index (χ4v) is 9.92. The van der Waals surface area contributed by atoms with E-state index < -0.39 is 7.38 Å². The fraction of sp³-hybridized carbons (Fsp3) is 1.00. The Bertz CT molecular complexity index is 237. The van der Waals surface area contributed by atoms with E-state index in [4.69, 9.17) is 11.1 Å². The lowest BCUT2D eigenvalue weighted by atomic mass is 9.92. The van der Waals surface area contributed by atoms with Gasteiger partial charge in [0.25, 0.3) is 0 Å². The highest BCUT2D eigenvalue weighted by Gasteiger charge is 2.50. The lowest BCUT2D eigenvalue weighted by Crippen LogP contribution is -2.35. The van der Waals surface area contributed by atoms with E-state index in [-0.39, 0.29) is 0 Å². The van der Waals surface area contributed by atoms with Crippen LogP contribution in [0.2, 0.25) is 18.1 Å².